The maximum atomic E-state index is 6.50. The molecule has 1 aliphatic heterocycles. The van der Waals surface area contributed by atoms with E-state index in [9.17, 15) is 0 Å². The van der Waals surface area contributed by atoms with E-state index in [4.69, 9.17) is 10.00 Å². The number of hydrogen-bond donors (Lipinski definition) is 0. The summed E-state index contributed by atoms with van der Waals surface area (Å²) in [6, 6.07) is 0. The van der Waals surface area contributed by atoms with Crippen LogP contribution in [0.15, 0.2) is 22.8 Å². The Labute approximate surface area is 193 Å². The molecule has 3 unspecified atom stereocenters. The van der Waals surface area contributed by atoms with Gasteiger partial charge < -0.3 is 4.74 Å². The maximum absolute atomic E-state index is 6.50. The van der Waals surface area contributed by atoms with E-state index < -0.39 is 0 Å². The molecule has 0 bridgehead atoms. The molecule has 5 aliphatic rings. The molecule has 0 aromatic rings. The second-order valence-electron chi connectivity index (χ2n) is 11.1. The third-order valence-electron chi connectivity index (χ3n) is 8.85. The van der Waals surface area contributed by atoms with Gasteiger partial charge in [0, 0.05) is 13.2 Å². The van der Waals surface area contributed by atoms with Gasteiger partial charge in [-0.25, -0.2) is 5.26 Å². The van der Waals surface area contributed by atoms with Crippen LogP contribution in [-0.2, 0) is 4.74 Å². The molecule has 4 atom stereocenters. The Hall–Kier alpha value is -1.07. The van der Waals surface area contributed by atoms with Crippen LogP contribution < -0.4 is 0 Å². The molecule has 0 aromatic heterocycles. The summed E-state index contributed by atoms with van der Waals surface area (Å²) >= 11 is 0. The summed E-state index contributed by atoms with van der Waals surface area (Å²) in [7, 11) is 0. The summed E-state index contributed by atoms with van der Waals surface area (Å²) in [6.45, 7) is 20.4. The quantitative estimate of drug-likeness (QED) is 0.387. The molecule has 0 N–H and O–H groups in total. The van der Waals surface area contributed by atoms with Crippen LogP contribution in [0.4, 0.5) is 0 Å². The smallest absolute Gasteiger partial charge is 0.0723 e. The van der Waals surface area contributed by atoms with Crippen molar-refractivity contribution >= 4 is 0 Å². The summed E-state index contributed by atoms with van der Waals surface area (Å²) in [6.07, 6.45) is 17.3. The Morgan fingerprint density at radius 2 is 1.71 bits per heavy atom. The number of nitriles is 1. The van der Waals surface area contributed by atoms with Crippen LogP contribution in [0, 0.1) is 34.5 Å². The van der Waals surface area contributed by atoms with Gasteiger partial charge in [0.1, 0.15) is 0 Å². The summed E-state index contributed by atoms with van der Waals surface area (Å²) in [4.78, 5) is 0. The predicted octanol–water partition coefficient (Wildman–Crippen LogP) is 8.78. The number of nitrogens with zero attached hydrogens (tertiary/aromatic N) is 1. The first-order chi connectivity index (χ1) is 14.9. The molecular weight excluding hydrogens is 378 g/mol. The lowest BCUT2D eigenvalue weighted by molar-refractivity contribution is -0.00915. The van der Waals surface area contributed by atoms with E-state index in [0.29, 0.717) is 10.8 Å². The summed E-state index contributed by atoms with van der Waals surface area (Å²) in [5, 5.41) is 6.50. The zero-order chi connectivity index (χ0) is 23.3. The highest BCUT2D eigenvalue weighted by atomic mass is 16.5. The van der Waals surface area contributed by atoms with Gasteiger partial charge in [-0.05, 0) is 98.0 Å². The first-order valence-corrected chi connectivity index (χ1v) is 13.2. The van der Waals surface area contributed by atoms with Crippen molar-refractivity contribution in [1.82, 2.24) is 0 Å². The molecule has 4 aliphatic carbocycles. The van der Waals surface area contributed by atoms with Crippen molar-refractivity contribution in [2.75, 3.05) is 6.61 Å². The fourth-order valence-electron chi connectivity index (χ4n) is 7.51. The van der Waals surface area contributed by atoms with E-state index in [0.717, 1.165) is 18.4 Å². The minimum atomic E-state index is 0.239. The summed E-state index contributed by atoms with van der Waals surface area (Å²) < 4.78 is 6.23. The molecule has 176 valence electrons. The number of ether oxygens (including phenoxy) is 1. The van der Waals surface area contributed by atoms with E-state index in [1.807, 2.05) is 13.8 Å². The number of rotatable bonds is 0. The Morgan fingerprint density at radius 1 is 1.03 bits per heavy atom. The Morgan fingerprint density at radius 3 is 2.32 bits per heavy atom. The average molecular weight is 428 g/mol. The van der Waals surface area contributed by atoms with Gasteiger partial charge in [-0.2, -0.15) is 0 Å². The SMILES string of the molecule is C#N.CC.CC1(C)CC[C@@]2(C)C3CCC4=C(CCC5(CCCO5)C4)C3=CCC12.CCC. The molecular formula is C29H49NO. The molecule has 31 heavy (non-hydrogen) atoms. The molecule has 1 spiro atoms. The molecule has 2 nitrogen and oxygen atoms in total. The lowest BCUT2D eigenvalue weighted by atomic mass is 9.54. The van der Waals surface area contributed by atoms with Crippen molar-refractivity contribution in [3.05, 3.63) is 22.8 Å². The molecule has 2 fully saturated rings. The fraction of sp³-hybridized carbons (Fsp3) is 0.828. The van der Waals surface area contributed by atoms with E-state index in [1.165, 1.54) is 70.6 Å². The number of allylic oxidation sites excluding steroid dienone is 3. The zero-order valence-electron chi connectivity index (χ0n) is 21.7. The van der Waals surface area contributed by atoms with Gasteiger partial charge in [0.15, 0.2) is 0 Å². The van der Waals surface area contributed by atoms with Crippen molar-refractivity contribution in [1.29, 1.82) is 5.26 Å². The highest BCUT2D eigenvalue weighted by Crippen LogP contribution is 2.65. The molecule has 0 amide bonds. The van der Waals surface area contributed by atoms with Crippen LogP contribution in [0.5, 0.6) is 0 Å². The standard InChI is InChI=1S/C23H34O.C3H8.C2H6.CHN/c1-21(2)12-13-22(3)19-7-5-16-15-23(10-4-14-24-23)11-9-17(16)18(19)6-8-20(21)22;1-3-2;2*1-2/h6,19-20H,4-5,7-15H2,1-3H3;3H2,1-2H3;1-2H3;1H/t19?,20?,22-,23?;;;/m0.../s1. The number of fused-ring (bicyclic) bond motifs is 4. The normalized spacial score (nSPS) is 36.9. The molecule has 0 aromatic carbocycles. The van der Waals surface area contributed by atoms with E-state index in [2.05, 4.69) is 47.3 Å². The van der Waals surface area contributed by atoms with Crippen LogP contribution >= 0.6 is 0 Å². The summed E-state index contributed by atoms with van der Waals surface area (Å²) in [5.74, 6) is 1.74. The number of hydrogen-bond acceptors (Lipinski definition) is 2. The van der Waals surface area contributed by atoms with Gasteiger partial charge in [0.05, 0.1) is 5.60 Å². The van der Waals surface area contributed by atoms with Crippen LogP contribution in [0.1, 0.15) is 119 Å². The van der Waals surface area contributed by atoms with E-state index in [-0.39, 0.29) is 5.60 Å². The van der Waals surface area contributed by atoms with Crippen LogP contribution in [0.2, 0.25) is 0 Å². The Kier molecular flexibility index (Phi) is 9.04. The third-order valence-corrected chi connectivity index (χ3v) is 8.85. The molecule has 2 heteroatoms. The highest BCUT2D eigenvalue weighted by molar-refractivity contribution is 5.45. The van der Waals surface area contributed by atoms with E-state index >= 15 is 0 Å². The van der Waals surface area contributed by atoms with Gasteiger partial charge in [-0.3, -0.25) is 0 Å². The third kappa shape index (κ3) is 4.83. The minimum absolute atomic E-state index is 0.239. The van der Waals surface area contributed by atoms with Crippen LogP contribution in [0.3, 0.4) is 0 Å². The van der Waals surface area contributed by atoms with Gasteiger partial charge in [0.25, 0.3) is 0 Å². The maximum Gasteiger partial charge on any atom is 0.0723 e. The molecule has 1 heterocycles. The predicted molar refractivity (Wildman–Crippen MR) is 133 cm³/mol. The lowest BCUT2D eigenvalue weighted by Gasteiger charge is -2.51. The topological polar surface area (TPSA) is 33.0 Å². The lowest BCUT2D eigenvalue weighted by Crippen LogP contribution is -2.42. The Bertz CT molecular complexity index is 676. The van der Waals surface area contributed by atoms with Gasteiger partial charge in [-0.15, -0.1) is 0 Å². The first kappa shape index (κ1) is 26.2. The molecule has 0 radical (unpaired) electrons. The average Bonchev–Trinajstić information content (AvgIpc) is 3.33. The Balaban J connectivity index is 0.000000442. The first-order valence-electron chi connectivity index (χ1n) is 13.2. The van der Waals surface area contributed by atoms with Gasteiger partial charge >= 0.3 is 0 Å². The highest BCUT2D eigenvalue weighted by Gasteiger charge is 2.56. The van der Waals surface area contributed by atoms with Crippen molar-refractivity contribution < 1.29 is 4.74 Å². The molecule has 1 saturated carbocycles. The van der Waals surface area contributed by atoms with Crippen molar-refractivity contribution in [2.45, 2.75) is 125 Å². The van der Waals surface area contributed by atoms with E-state index in [1.54, 1.807) is 16.7 Å². The molecule has 1 saturated heterocycles. The fourth-order valence-corrected chi connectivity index (χ4v) is 7.51. The minimum Gasteiger partial charge on any atom is -0.375 e. The monoisotopic (exact) mass is 427 g/mol. The van der Waals surface area contributed by atoms with Crippen LogP contribution in [0.25, 0.3) is 0 Å². The van der Waals surface area contributed by atoms with Crippen molar-refractivity contribution in [3.8, 4) is 6.57 Å². The second kappa shape index (κ2) is 10.7. The van der Waals surface area contributed by atoms with Crippen LogP contribution in [-0.4, -0.2) is 12.2 Å². The van der Waals surface area contributed by atoms with Crippen molar-refractivity contribution in [3.63, 3.8) is 0 Å². The van der Waals surface area contributed by atoms with Gasteiger partial charge in [-0.1, -0.05) is 66.5 Å². The van der Waals surface area contributed by atoms with Crippen molar-refractivity contribution in [2.24, 2.45) is 22.7 Å². The van der Waals surface area contributed by atoms with Gasteiger partial charge in [0.2, 0.25) is 0 Å². The summed E-state index contributed by atoms with van der Waals surface area (Å²) in [5.41, 5.74) is 6.70. The molecule has 5 rings (SSSR count). The second-order valence-corrected chi connectivity index (χ2v) is 11.1. The zero-order valence-corrected chi connectivity index (χ0v) is 21.7. The largest absolute Gasteiger partial charge is 0.375 e.